The van der Waals surface area contributed by atoms with Crippen LogP contribution in [0.2, 0.25) is 0 Å². The summed E-state index contributed by atoms with van der Waals surface area (Å²) in [4.78, 5) is 0. The van der Waals surface area contributed by atoms with Crippen LogP contribution in [0.3, 0.4) is 0 Å². The molecule has 12 rings (SSSR count). The van der Waals surface area contributed by atoms with Gasteiger partial charge in [-0.2, -0.15) is 0 Å². The van der Waals surface area contributed by atoms with Crippen molar-refractivity contribution in [2.45, 2.75) is 0 Å². The third-order valence-electron chi connectivity index (χ3n) is 11.4. The molecule has 10 aromatic carbocycles. The monoisotopic (exact) mass is 702 g/mol. The van der Waals surface area contributed by atoms with Gasteiger partial charge < -0.3 is 4.42 Å². The van der Waals surface area contributed by atoms with Gasteiger partial charge in [0, 0.05) is 30.9 Å². The Bertz CT molecular complexity index is 3430. The molecule has 250 valence electrons. The zero-order valence-electron chi connectivity index (χ0n) is 29.1. The van der Waals surface area contributed by atoms with Gasteiger partial charge in [0.1, 0.15) is 11.2 Å². The van der Waals surface area contributed by atoms with Gasteiger partial charge in [-0.1, -0.05) is 164 Å². The van der Waals surface area contributed by atoms with Gasteiger partial charge in [-0.15, -0.1) is 11.3 Å². The molecular weight excluding hydrogens is 673 g/mol. The van der Waals surface area contributed by atoms with Gasteiger partial charge >= 0.3 is 0 Å². The number of thiophene rings is 1. The van der Waals surface area contributed by atoms with Gasteiger partial charge in [-0.3, -0.25) is 0 Å². The fourth-order valence-electron chi connectivity index (χ4n) is 9.01. The first-order valence-corrected chi connectivity index (χ1v) is 19.3. The van der Waals surface area contributed by atoms with Crippen molar-refractivity contribution < 1.29 is 4.42 Å². The Hall–Kier alpha value is -6.74. The van der Waals surface area contributed by atoms with Crippen molar-refractivity contribution in [3.8, 4) is 33.4 Å². The lowest BCUT2D eigenvalue weighted by atomic mass is 9.85. The molecule has 0 spiro atoms. The lowest BCUT2D eigenvalue weighted by Crippen LogP contribution is -1.91. The van der Waals surface area contributed by atoms with E-state index in [9.17, 15) is 0 Å². The van der Waals surface area contributed by atoms with Crippen LogP contribution < -0.4 is 0 Å². The third-order valence-corrected chi connectivity index (χ3v) is 12.6. The topological polar surface area (TPSA) is 13.1 Å². The Labute approximate surface area is 314 Å². The molecule has 2 aromatic heterocycles. The number of fused-ring (bicyclic) bond motifs is 12. The standard InChI is InChI=1S/C52H30OS/c1-2-13-35-29-36(26-21-31(35)11-1)48-40-17-7-5-15-38(40)47(39-16-6-8-18-41(39)48)34-24-22-33(23-25-34)44-30-46-50(51-49(44)42-19-9-10-20-45(42)53-51)43-28-27-32-12-3-4-14-37(32)52(43)54-46/h1-30H. The fourth-order valence-corrected chi connectivity index (χ4v) is 10.3. The normalized spacial score (nSPS) is 12.1. The molecule has 0 amide bonds. The highest BCUT2D eigenvalue weighted by atomic mass is 32.1. The minimum atomic E-state index is 0.919. The lowest BCUT2D eigenvalue weighted by Gasteiger charge is -2.18. The molecule has 2 heteroatoms. The molecule has 0 aliphatic rings. The molecule has 0 radical (unpaired) electrons. The summed E-state index contributed by atoms with van der Waals surface area (Å²) in [6.07, 6.45) is 0. The second-order valence-corrected chi connectivity index (χ2v) is 15.4. The SMILES string of the molecule is c1ccc2cc(-c3c4ccccc4c(-c4ccc(-c5cc6sc7c8ccccc8ccc7c6c6oc7ccccc7c56)cc4)c4ccccc34)ccc2c1. The molecule has 2 heterocycles. The molecule has 54 heavy (non-hydrogen) atoms. The summed E-state index contributed by atoms with van der Waals surface area (Å²) >= 11 is 1.87. The van der Waals surface area contributed by atoms with Gasteiger partial charge in [0.25, 0.3) is 0 Å². The van der Waals surface area contributed by atoms with E-state index in [4.69, 9.17) is 4.42 Å². The van der Waals surface area contributed by atoms with Crippen molar-refractivity contribution in [2.24, 2.45) is 0 Å². The average molecular weight is 703 g/mol. The average Bonchev–Trinajstić information content (AvgIpc) is 3.81. The highest BCUT2D eigenvalue weighted by molar-refractivity contribution is 7.27. The van der Waals surface area contributed by atoms with Crippen molar-refractivity contribution in [1.29, 1.82) is 0 Å². The van der Waals surface area contributed by atoms with E-state index in [1.807, 2.05) is 11.3 Å². The summed E-state index contributed by atoms with van der Waals surface area (Å²) in [6, 6.07) is 66.6. The molecule has 0 fully saturated rings. The minimum Gasteiger partial charge on any atom is -0.455 e. The Balaban J connectivity index is 1.08. The Morgan fingerprint density at radius 1 is 0.352 bits per heavy atom. The molecule has 0 N–H and O–H groups in total. The van der Waals surface area contributed by atoms with Gasteiger partial charge in [-0.05, 0) is 94.7 Å². The number of hydrogen-bond donors (Lipinski definition) is 0. The van der Waals surface area contributed by atoms with Crippen LogP contribution in [0.5, 0.6) is 0 Å². The van der Waals surface area contributed by atoms with E-state index in [1.54, 1.807) is 0 Å². The molecule has 0 aliphatic heterocycles. The predicted molar refractivity (Wildman–Crippen MR) is 233 cm³/mol. The number of furan rings is 1. The van der Waals surface area contributed by atoms with Gasteiger partial charge in [0.15, 0.2) is 0 Å². The van der Waals surface area contributed by atoms with Crippen molar-refractivity contribution >= 4 is 96.5 Å². The van der Waals surface area contributed by atoms with Crippen LogP contribution in [-0.2, 0) is 0 Å². The highest BCUT2D eigenvalue weighted by Gasteiger charge is 2.21. The smallest absolute Gasteiger partial charge is 0.145 e. The van der Waals surface area contributed by atoms with E-state index in [1.165, 1.54) is 102 Å². The Kier molecular flexibility index (Phi) is 6.28. The van der Waals surface area contributed by atoms with Crippen molar-refractivity contribution in [2.75, 3.05) is 0 Å². The number of para-hydroxylation sites is 1. The van der Waals surface area contributed by atoms with Gasteiger partial charge in [-0.25, -0.2) is 0 Å². The molecule has 0 atom stereocenters. The predicted octanol–water partition coefficient (Wildman–Crippen LogP) is 15.6. The molecule has 1 nitrogen and oxygen atoms in total. The van der Waals surface area contributed by atoms with Crippen LogP contribution >= 0.6 is 11.3 Å². The number of hydrogen-bond acceptors (Lipinski definition) is 2. The van der Waals surface area contributed by atoms with Crippen molar-refractivity contribution in [3.05, 3.63) is 182 Å². The Morgan fingerprint density at radius 2 is 0.889 bits per heavy atom. The molecule has 0 aliphatic carbocycles. The van der Waals surface area contributed by atoms with Crippen LogP contribution in [0.4, 0.5) is 0 Å². The zero-order chi connectivity index (χ0) is 35.3. The van der Waals surface area contributed by atoms with Crippen molar-refractivity contribution in [1.82, 2.24) is 0 Å². The number of rotatable bonds is 3. The van der Waals surface area contributed by atoms with E-state index in [-0.39, 0.29) is 0 Å². The summed E-state index contributed by atoms with van der Waals surface area (Å²) in [5.74, 6) is 0. The first-order valence-electron chi connectivity index (χ1n) is 18.5. The number of benzene rings is 10. The van der Waals surface area contributed by atoms with Crippen LogP contribution in [0.25, 0.3) is 119 Å². The van der Waals surface area contributed by atoms with E-state index in [0.29, 0.717) is 0 Å². The summed E-state index contributed by atoms with van der Waals surface area (Å²) in [5, 5.41) is 14.9. The molecule has 0 bridgehead atoms. The molecule has 0 saturated heterocycles. The maximum absolute atomic E-state index is 6.77. The Morgan fingerprint density at radius 3 is 1.61 bits per heavy atom. The molecule has 0 unspecified atom stereocenters. The van der Waals surface area contributed by atoms with Crippen LogP contribution in [0, 0.1) is 0 Å². The van der Waals surface area contributed by atoms with Crippen LogP contribution in [0.15, 0.2) is 186 Å². The molecule has 0 saturated carbocycles. The minimum absolute atomic E-state index is 0.919. The summed E-state index contributed by atoms with van der Waals surface area (Å²) in [6.45, 7) is 0. The summed E-state index contributed by atoms with van der Waals surface area (Å²) in [7, 11) is 0. The first kappa shape index (κ1) is 29.8. The van der Waals surface area contributed by atoms with E-state index in [2.05, 4.69) is 182 Å². The van der Waals surface area contributed by atoms with E-state index in [0.717, 1.165) is 16.6 Å². The van der Waals surface area contributed by atoms with E-state index >= 15 is 0 Å². The lowest BCUT2D eigenvalue weighted by molar-refractivity contribution is 0.673. The molecule has 12 aromatic rings. The maximum atomic E-state index is 6.77. The summed E-state index contributed by atoms with van der Waals surface area (Å²) in [5.41, 5.74) is 9.27. The van der Waals surface area contributed by atoms with Gasteiger partial charge in [0.05, 0.1) is 0 Å². The maximum Gasteiger partial charge on any atom is 0.145 e. The third kappa shape index (κ3) is 4.26. The summed E-state index contributed by atoms with van der Waals surface area (Å²) < 4.78 is 9.33. The quantitative estimate of drug-likeness (QED) is 0.167. The van der Waals surface area contributed by atoms with Gasteiger partial charge in [0.2, 0.25) is 0 Å². The first-order chi connectivity index (χ1) is 26.8. The largest absolute Gasteiger partial charge is 0.455 e. The fraction of sp³-hybridized carbons (Fsp3) is 0. The highest BCUT2D eigenvalue weighted by Crippen LogP contribution is 2.49. The molecular formula is C52H30OS. The van der Waals surface area contributed by atoms with Crippen LogP contribution in [-0.4, -0.2) is 0 Å². The van der Waals surface area contributed by atoms with E-state index < -0.39 is 0 Å². The zero-order valence-corrected chi connectivity index (χ0v) is 30.0. The second-order valence-electron chi connectivity index (χ2n) is 14.3. The van der Waals surface area contributed by atoms with Crippen LogP contribution in [0.1, 0.15) is 0 Å². The van der Waals surface area contributed by atoms with Crippen molar-refractivity contribution in [3.63, 3.8) is 0 Å². The second kappa shape index (κ2) is 11.4.